The molecule has 2 aromatic carbocycles. The summed E-state index contributed by atoms with van der Waals surface area (Å²) in [5.74, 6) is 0.387. The summed E-state index contributed by atoms with van der Waals surface area (Å²) in [7, 11) is -4.65. The first-order chi connectivity index (χ1) is 17.1. The van der Waals surface area contributed by atoms with Crippen LogP contribution in [-0.2, 0) is 14.6 Å². The minimum atomic E-state index is -3.58. The second kappa shape index (κ2) is 11.1. The number of halogens is 2. The summed E-state index contributed by atoms with van der Waals surface area (Å²) >= 11 is 12.2. The minimum absolute atomic E-state index is 0.0982. The molecule has 2 aliphatic rings. The van der Waals surface area contributed by atoms with Gasteiger partial charge >= 0.3 is 0 Å². The first-order valence-electron chi connectivity index (χ1n) is 11.5. The van der Waals surface area contributed by atoms with E-state index in [1.807, 2.05) is 48.5 Å². The molecule has 0 aliphatic carbocycles. The number of nitrogens with zero attached hydrogens (tertiary/aromatic N) is 1. The fourth-order valence-electron chi connectivity index (χ4n) is 4.39. The normalized spacial score (nSPS) is 18.1. The Hall–Kier alpha value is -2.12. The predicted octanol–water partition coefficient (Wildman–Crippen LogP) is 6.02. The van der Waals surface area contributed by atoms with Crippen molar-refractivity contribution in [2.24, 2.45) is 5.92 Å². The molecule has 1 N–H and O–H groups in total. The molecule has 190 valence electrons. The van der Waals surface area contributed by atoms with Crippen LogP contribution >= 0.6 is 33.7 Å². The van der Waals surface area contributed by atoms with Crippen LogP contribution < -0.4 is 5.32 Å². The van der Waals surface area contributed by atoms with E-state index in [0.717, 1.165) is 16.7 Å². The molecule has 2 heterocycles. The first kappa shape index (κ1) is 26.9. The maximum atomic E-state index is 13.0. The van der Waals surface area contributed by atoms with Crippen molar-refractivity contribution in [2.75, 3.05) is 25.9 Å². The quantitative estimate of drug-likeness (QED) is 0.398. The lowest BCUT2D eigenvalue weighted by molar-refractivity contribution is 0.201. The number of hydrogen-bond acceptors (Lipinski definition) is 5. The zero-order valence-corrected chi connectivity index (χ0v) is 23.4. The van der Waals surface area contributed by atoms with Crippen LogP contribution in [0.25, 0.3) is 0 Å². The smallest absolute Gasteiger partial charge is 0.176 e. The molecular formula is C27H28Cl2N2O3S2. The van der Waals surface area contributed by atoms with Gasteiger partial charge in [-0.3, -0.25) is 4.90 Å². The molecule has 2 aromatic rings. The molecule has 1 fully saturated rings. The SMILES string of the molecule is CC(C)CNC1=CC=C(C(=C2CN(C(c3ccc(Cl)cc3)c3ccc(Cl)cc3)C2)S(C)(=O)=O)S1=C=O. The molecule has 0 bridgehead atoms. The molecule has 5 nitrogen and oxygen atoms in total. The van der Waals surface area contributed by atoms with Gasteiger partial charge < -0.3 is 5.32 Å². The van der Waals surface area contributed by atoms with Gasteiger partial charge in [-0.2, -0.15) is 0 Å². The first-order valence-corrected chi connectivity index (χ1v) is 15.4. The van der Waals surface area contributed by atoms with E-state index < -0.39 is 20.3 Å². The average Bonchev–Trinajstić information content (AvgIpc) is 3.19. The standard InChI is InChI=1S/C27H28Cl2N2O3S2/c1-18(2)14-30-25-13-12-24(35(25)17-32)27(36(3,33)34)21-15-31(16-21)26(19-4-8-22(28)9-5-19)20-6-10-23(29)11-7-20/h4-13,18,26,30H,14-16H2,1-3H3. The number of sulfone groups is 1. The van der Waals surface area contributed by atoms with E-state index in [0.29, 0.717) is 45.5 Å². The largest absolute Gasteiger partial charge is 0.379 e. The highest BCUT2D eigenvalue weighted by molar-refractivity contribution is 8.22. The Balaban J connectivity index is 1.66. The number of nitrogens with one attached hydrogen (secondary N) is 1. The number of rotatable bonds is 8. The number of benzene rings is 2. The lowest BCUT2D eigenvalue weighted by Gasteiger charge is -2.42. The van der Waals surface area contributed by atoms with Gasteiger partial charge in [0.15, 0.2) is 15.1 Å². The lowest BCUT2D eigenvalue weighted by Crippen LogP contribution is -2.44. The number of likely N-dealkylation sites (tertiary alicyclic amines) is 1. The summed E-state index contributed by atoms with van der Waals surface area (Å²) in [5, 5.41) is 7.38. The van der Waals surface area contributed by atoms with Gasteiger partial charge in [0.1, 0.15) is 0 Å². The molecule has 1 saturated heterocycles. The van der Waals surface area contributed by atoms with Crippen LogP contribution in [0.3, 0.4) is 0 Å². The Kier molecular flexibility index (Phi) is 8.30. The zero-order valence-electron chi connectivity index (χ0n) is 20.3. The molecule has 0 saturated carbocycles. The van der Waals surface area contributed by atoms with Gasteiger partial charge in [-0.1, -0.05) is 61.3 Å². The van der Waals surface area contributed by atoms with Crippen molar-refractivity contribution < 1.29 is 13.2 Å². The number of allylic oxidation sites excluding steroid dienone is 2. The van der Waals surface area contributed by atoms with Crippen LogP contribution in [0.1, 0.15) is 31.0 Å². The van der Waals surface area contributed by atoms with Crippen molar-refractivity contribution in [2.45, 2.75) is 19.9 Å². The van der Waals surface area contributed by atoms with Crippen molar-refractivity contribution in [3.63, 3.8) is 0 Å². The highest BCUT2D eigenvalue weighted by Crippen LogP contribution is 2.46. The molecular weight excluding hydrogens is 535 g/mol. The molecule has 0 radical (unpaired) electrons. The van der Waals surface area contributed by atoms with Crippen molar-refractivity contribution >= 4 is 48.8 Å². The van der Waals surface area contributed by atoms with Crippen molar-refractivity contribution in [1.29, 1.82) is 0 Å². The van der Waals surface area contributed by atoms with Gasteiger partial charge in [-0.05, 0) is 69.5 Å². The summed E-state index contributed by atoms with van der Waals surface area (Å²) in [5.41, 5.74) is 2.89. The van der Waals surface area contributed by atoms with Crippen LogP contribution in [0, 0.1) is 5.92 Å². The molecule has 1 unspecified atom stereocenters. The molecule has 36 heavy (non-hydrogen) atoms. The average molecular weight is 564 g/mol. The van der Waals surface area contributed by atoms with Crippen LogP contribution in [0.15, 0.2) is 81.1 Å². The third-order valence-corrected chi connectivity index (χ3v) is 9.58. The van der Waals surface area contributed by atoms with E-state index >= 15 is 0 Å². The molecule has 1 atom stereocenters. The van der Waals surface area contributed by atoms with E-state index in [2.05, 4.69) is 29.3 Å². The maximum absolute atomic E-state index is 13.0. The summed E-state index contributed by atoms with van der Waals surface area (Å²) in [6, 6.07) is 15.2. The van der Waals surface area contributed by atoms with E-state index in [1.54, 1.807) is 12.2 Å². The van der Waals surface area contributed by atoms with Crippen LogP contribution in [0.2, 0.25) is 10.0 Å². The summed E-state index contributed by atoms with van der Waals surface area (Å²) < 4.78 is 25.9. The Morgan fingerprint density at radius 2 is 1.53 bits per heavy atom. The predicted molar refractivity (Wildman–Crippen MR) is 150 cm³/mol. The second-order valence-electron chi connectivity index (χ2n) is 9.34. The van der Waals surface area contributed by atoms with Gasteiger partial charge in [-0.15, -0.1) is 0 Å². The lowest BCUT2D eigenvalue weighted by atomic mass is 9.92. The third kappa shape index (κ3) is 5.88. The Bertz CT molecular complexity index is 1350. The van der Waals surface area contributed by atoms with Crippen molar-refractivity contribution in [3.05, 3.63) is 102 Å². The minimum Gasteiger partial charge on any atom is -0.379 e. The van der Waals surface area contributed by atoms with Crippen molar-refractivity contribution in [1.82, 2.24) is 10.2 Å². The van der Waals surface area contributed by atoms with Gasteiger partial charge in [0.25, 0.3) is 0 Å². The number of hydrogen-bond donors (Lipinski definition) is 1. The van der Waals surface area contributed by atoms with E-state index in [4.69, 9.17) is 23.2 Å². The monoisotopic (exact) mass is 562 g/mol. The summed E-state index contributed by atoms with van der Waals surface area (Å²) in [6.45, 7) is 5.76. The summed E-state index contributed by atoms with van der Waals surface area (Å²) in [4.78, 5) is 14.9. The Morgan fingerprint density at radius 1 is 1.00 bits per heavy atom. The molecule has 0 aromatic heterocycles. The van der Waals surface area contributed by atoms with Crippen LogP contribution in [-0.4, -0.2) is 44.4 Å². The molecule has 0 amide bonds. The topological polar surface area (TPSA) is 66.5 Å². The van der Waals surface area contributed by atoms with Gasteiger partial charge in [0.05, 0.1) is 16.0 Å². The van der Waals surface area contributed by atoms with Gasteiger partial charge in [0.2, 0.25) is 0 Å². The highest BCUT2D eigenvalue weighted by Gasteiger charge is 2.37. The third-order valence-electron chi connectivity index (χ3n) is 6.03. The van der Waals surface area contributed by atoms with Crippen LogP contribution in [0.4, 0.5) is 0 Å². The highest BCUT2D eigenvalue weighted by atomic mass is 35.5. The fraction of sp³-hybridized carbons (Fsp3) is 0.296. The van der Waals surface area contributed by atoms with Gasteiger partial charge in [-0.25, -0.2) is 13.2 Å². The molecule has 2 aliphatic heterocycles. The number of carbonyl (C=O) groups excluding carboxylic acids is 1. The van der Waals surface area contributed by atoms with Gasteiger partial charge in [0, 0.05) is 40.8 Å². The Morgan fingerprint density at radius 3 is 1.97 bits per heavy atom. The molecule has 0 spiro atoms. The zero-order chi connectivity index (χ0) is 26.0. The maximum Gasteiger partial charge on any atom is 0.176 e. The molecule has 4 rings (SSSR count). The van der Waals surface area contributed by atoms with E-state index in [-0.39, 0.29) is 10.9 Å². The Labute approximate surface area is 225 Å². The fourth-order valence-corrected chi connectivity index (χ4v) is 7.82. The van der Waals surface area contributed by atoms with Crippen molar-refractivity contribution in [3.8, 4) is 0 Å². The van der Waals surface area contributed by atoms with E-state index in [9.17, 15) is 13.2 Å². The summed E-state index contributed by atoms with van der Waals surface area (Å²) in [6.07, 6.45) is 4.76. The van der Waals surface area contributed by atoms with E-state index in [1.165, 1.54) is 6.26 Å². The van der Waals surface area contributed by atoms with Crippen LogP contribution in [0.5, 0.6) is 0 Å². The molecule has 9 heteroatoms. The second-order valence-corrected chi connectivity index (χ2v) is 13.8.